The number of hydrogen-bond acceptors (Lipinski definition) is 5. The van der Waals surface area contributed by atoms with Crippen LogP contribution in [0.5, 0.6) is 5.75 Å². The van der Waals surface area contributed by atoms with Gasteiger partial charge in [0.15, 0.2) is 11.6 Å². The molecule has 1 aliphatic rings. The van der Waals surface area contributed by atoms with E-state index in [0.717, 1.165) is 11.6 Å². The van der Waals surface area contributed by atoms with Crippen LogP contribution in [0.15, 0.2) is 33.8 Å². The average molecular weight is 312 g/mol. The van der Waals surface area contributed by atoms with E-state index >= 15 is 0 Å². The van der Waals surface area contributed by atoms with Gasteiger partial charge in [0.05, 0.1) is 18.2 Å². The highest BCUT2D eigenvalue weighted by molar-refractivity contribution is 7.89. The van der Waals surface area contributed by atoms with Crippen molar-refractivity contribution in [2.75, 3.05) is 13.7 Å². The third-order valence-electron chi connectivity index (χ3n) is 3.43. The molecule has 6 nitrogen and oxygen atoms in total. The van der Waals surface area contributed by atoms with Crippen molar-refractivity contribution in [1.82, 2.24) is 9.46 Å². The summed E-state index contributed by atoms with van der Waals surface area (Å²) in [4.78, 5) is -0.0966. The van der Waals surface area contributed by atoms with E-state index < -0.39 is 15.8 Å². The molecule has 2 aromatic rings. The molecule has 0 bridgehead atoms. The molecule has 0 atom stereocenters. The highest BCUT2D eigenvalue weighted by Gasteiger charge is 2.30. The minimum absolute atomic E-state index is 0.00825. The van der Waals surface area contributed by atoms with Crippen molar-refractivity contribution < 1.29 is 22.1 Å². The third-order valence-corrected chi connectivity index (χ3v) is 5.27. The highest BCUT2D eigenvalue weighted by atomic mass is 32.2. The first-order chi connectivity index (χ1) is 10.0. The maximum Gasteiger partial charge on any atom is 0.243 e. The number of sulfonamides is 1. The van der Waals surface area contributed by atoms with Gasteiger partial charge in [-0.3, -0.25) is 0 Å². The molecule has 0 N–H and O–H groups in total. The van der Waals surface area contributed by atoms with Gasteiger partial charge in [-0.15, -0.1) is 0 Å². The van der Waals surface area contributed by atoms with Crippen LogP contribution in [-0.2, 0) is 23.0 Å². The molecule has 112 valence electrons. The summed E-state index contributed by atoms with van der Waals surface area (Å²) in [5, 5.41) is 3.66. The van der Waals surface area contributed by atoms with Gasteiger partial charge in [-0.1, -0.05) is 5.16 Å². The fraction of sp³-hybridized carbons (Fsp3) is 0.308. The van der Waals surface area contributed by atoms with Gasteiger partial charge in [0.1, 0.15) is 5.76 Å². The monoisotopic (exact) mass is 312 g/mol. The number of hydrogen-bond donors (Lipinski definition) is 0. The largest absolute Gasteiger partial charge is 0.494 e. The van der Waals surface area contributed by atoms with Crippen molar-refractivity contribution in [3.63, 3.8) is 0 Å². The van der Waals surface area contributed by atoms with Crippen LogP contribution in [0, 0.1) is 5.82 Å². The molecule has 0 spiro atoms. The van der Waals surface area contributed by atoms with Crippen LogP contribution in [0.25, 0.3) is 0 Å². The first-order valence-corrected chi connectivity index (χ1v) is 7.72. The summed E-state index contributed by atoms with van der Waals surface area (Å²) in [5.74, 6) is -0.00229. The van der Waals surface area contributed by atoms with Crippen molar-refractivity contribution >= 4 is 10.0 Å². The second kappa shape index (κ2) is 5.12. The van der Waals surface area contributed by atoms with Crippen LogP contribution in [0.4, 0.5) is 4.39 Å². The van der Waals surface area contributed by atoms with Crippen LogP contribution in [0.3, 0.4) is 0 Å². The molecule has 0 saturated heterocycles. The van der Waals surface area contributed by atoms with Gasteiger partial charge in [-0.05, 0) is 18.2 Å². The number of fused-ring (bicyclic) bond motifs is 1. The first kappa shape index (κ1) is 14.0. The molecule has 0 unspecified atom stereocenters. The number of rotatable bonds is 3. The van der Waals surface area contributed by atoms with E-state index in [1.54, 1.807) is 0 Å². The van der Waals surface area contributed by atoms with Crippen molar-refractivity contribution in [3.05, 3.63) is 41.5 Å². The van der Waals surface area contributed by atoms with Gasteiger partial charge >= 0.3 is 0 Å². The van der Waals surface area contributed by atoms with E-state index in [9.17, 15) is 12.8 Å². The topological polar surface area (TPSA) is 72.6 Å². The van der Waals surface area contributed by atoms with E-state index in [1.807, 2.05) is 0 Å². The Bertz CT molecular complexity index is 772. The molecule has 1 aliphatic heterocycles. The van der Waals surface area contributed by atoms with Crippen LogP contribution in [0.1, 0.15) is 11.3 Å². The molecule has 1 aromatic carbocycles. The Hall–Kier alpha value is -1.93. The lowest BCUT2D eigenvalue weighted by Gasteiger charge is -2.25. The number of aromatic nitrogens is 1. The van der Waals surface area contributed by atoms with Crippen molar-refractivity contribution in [2.24, 2.45) is 0 Å². The summed E-state index contributed by atoms with van der Waals surface area (Å²) in [6.07, 6.45) is 1.96. The number of benzene rings is 1. The Morgan fingerprint density at radius 2 is 2.24 bits per heavy atom. The quantitative estimate of drug-likeness (QED) is 0.860. The van der Waals surface area contributed by atoms with Gasteiger partial charge in [0.25, 0.3) is 0 Å². The first-order valence-electron chi connectivity index (χ1n) is 6.28. The van der Waals surface area contributed by atoms with Gasteiger partial charge in [0, 0.05) is 25.1 Å². The Labute approximate surface area is 121 Å². The summed E-state index contributed by atoms with van der Waals surface area (Å²) in [5.41, 5.74) is 0.735. The summed E-state index contributed by atoms with van der Waals surface area (Å²) >= 11 is 0. The average Bonchev–Trinajstić information content (AvgIpc) is 2.94. The van der Waals surface area contributed by atoms with Crippen LogP contribution >= 0.6 is 0 Å². The predicted molar refractivity (Wildman–Crippen MR) is 70.8 cm³/mol. The predicted octanol–water partition coefficient (Wildman–Crippen LogP) is 1.57. The van der Waals surface area contributed by atoms with Gasteiger partial charge in [0.2, 0.25) is 10.0 Å². The van der Waals surface area contributed by atoms with Crippen LogP contribution in [-0.4, -0.2) is 31.5 Å². The zero-order valence-electron chi connectivity index (χ0n) is 11.2. The Balaban J connectivity index is 1.93. The maximum atomic E-state index is 13.7. The van der Waals surface area contributed by atoms with Crippen LogP contribution < -0.4 is 4.74 Å². The van der Waals surface area contributed by atoms with Gasteiger partial charge in [-0.25, -0.2) is 12.8 Å². The normalized spacial score (nSPS) is 15.7. The number of nitrogens with zero attached hydrogens (tertiary/aromatic N) is 2. The lowest BCUT2D eigenvalue weighted by atomic mass is 10.1. The lowest BCUT2D eigenvalue weighted by molar-refractivity contribution is 0.331. The minimum Gasteiger partial charge on any atom is -0.494 e. The van der Waals surface area contributed by atoms with Crippen molar-refractivity contribution in [3.8, 4) is 5.75 Å². The molecule has 21 heavy (non-hydrogen) atoms. The molecule has 0 saturated carbocycles. The summed E-state index contributed by atoms with van der Waals surface area (Å²) in [6, 6.07) is 3.61. The summed E-state index contributed by atoms with van der Waals surface area (Å²) < 4.78 is 49.9. The molecule has 0 amide bonds. The smallest absolute Gasteiger partial charge is 0.243 e. The second-order valence-corrected chi connectivity index (χ2v) is 6.60. The van der Waals surface area contributed by atoms with E-state index in [2.05, 4.69) is 5.16 Å². The number of methoxy groups -OCH3 is 1. The molecule has 0 fully saturated rings. The Morgan fingerprint density at radius 1 is 1.43 bits per heavy atom. The van der Waals surface area contributed by atoms with E-state index in [1.165, 1.54) is 29.7 Å². The van der Waals surface area contributed by atoms with Crippen molar-refractivity contribution in [1.29, 1.82) is 0 Å². The molecule has 2 heterocycles. The van der Waals surface area contributed by atoms with E-state index in [-0.39, 0.29) is 23.7 Å². The molecular weight excluding hydrogens is 299 g/mol. The number of halogens is 1. The second-order valence-electron chi connectivity index (χ2n) is 4.66. The zero-order valence-corrected chi connectivity index (χ0v) is 12.1. The minimum atomic E-state index is -3.76. The highest BCUT2D eigenvalue weighted by Crippen LogP contribution is 2.27. The zero-order chi connectivity index (χ0) is 15.0. The molecular formula is C13H13FN2O4S. The third kappa shape index (κ3) is 2.40. The molecule has 0 aliphatic carbocycles. The van der Waals surface area contributed by atoms with Gasteiger partial charge in [-0.2, -0.15) is 4.31 Å². The van der Waals surface area contributed by atoms with Crippen molar-refractivity contribution in [2.45, 2.75) is 17.9 Å². The summed E-state index contributed by atoms with van der Waals surface area (Å²) in [6.45, 7) is 0.451. The SMILES string of the molecule is COc1ccc(S(=O)(=O)N2CCc3oncc3C2)cc1F. The number of ether oxygens (including phenoxy) is 1. The molecule has 1 aromatic heterocycles. The fourth-order valence-corrected chi connectivity index (χ4v) is 3.71. The standard InChI is InChI=1S/C13H13FN2O4S/c1-19-13-3-2-10(6-11(13)14)21(17,18)16-5-4-12-9(8-16)7-15-20-12/h2-3,6-7H,4-5,8H2,1H3. The lowest BCUT2D eigenvalue weighted by Crippen LogP contribution is -2.35. The van der Waals surface area contributed by atoms with Gasteiger partial charge < -0.3 is 9.26 Å². The maximum absolute atomic E-state index is 13.7. The molecule has 3 rings (SSSR count). The van der Waals surface area contributed by atoms with E-state index in [4.69, 9.17) is 9.26 Å². The molecule has 0 radical (unpaired) electrons. The fourth-order valence-electron chi connectivity index (χ4n) is 2.28. The van der Waals surface area contributed by atoms with Crippen LogP contribution in [0.2, 0.25) is 0 Å². The Kier molecular flexibility index (Phi) is 3.42. The molecule has 8 heteroatoms. The summed E-state index contributed by atoms with van der Waals surface area (Å²) in [7, 11) is -2.44. The Morgan fingerprint density at radius 3 is 2.95 bits per heavy atom. The van der Waals surface area contributed by atoms with E-state index in [0.29, 0.717) is 12.2 Å².